The molecule has 0 amide bonds. The van der Waals surface area contributed by atoms with Crippen LogP contribution in [-0.4, -0.2) is 75.3 Å². The van der Waals surface area contributed by atoms with Gasteiger partial charge in [0.2, 0.25) is 0 Å². The van der Waals surface area contributed by atoms with Gasteiger partial charge in [0.1, 0.15) is 5.65 Å². The van der Waals surface area contributed by atoms with Crippen molar-refractivity contribution in [3.63, 3.8) is 0 Å². The first-order valence-corrected chi connectivity index (χ1v) is 10.5. The standard InChI is InChI=1S/C23H29N3O4/c1-2-7-26-19-22(24-23(26)6-1)20-4-3-5-21(18-20)25-8-10-27-12-14-29-16-17-30-15-13-28-11-9-25/h1-7,18-19H,8-17H2. The Morgan fingerprint density at radius 1 is 0.700 bits per heavy atom. The number of nitrogens with zero attached hydrogens (tertiary/aromatic N) is 3. The van der Waals surface area contributed by atoms with Gasteiger partial charge in [0.15, 0.2) is 0 Å². The SMILES string of the molecule is c1cc(-c2cn3ccccc3n2)cc(N2CCOCCOCCOCCOCC2)c1. The lowest BCUT2D eigenvalue weighted by molar-refractivity contribution is 0.00206. The number of rotatable bonds is 2. The second-order valence-corrected chi connectivity index (χ2v) is 7.08. The van der Waals surface area contributed by atoms with Crippen LogP contribution in [0.1, 0.15) is 0 Å². The first-order valence-electron chi connectivity index (χ1n) is 10.5. The molecule has 3 aromatic rings. The number of benzene rings is 1. The number of aromatic nitrogens is 2. The van der Waals surface area contributed by atoms with Gasteiger partial charge in [0, 0.05) is 36.7 Å². The Labute approximate surface area is 177 Å². The lowest BCUT2D eigenvalue weighted by atomic mass is 10.1. The average molecular weight is 412 g/mol. The summed E-state index contributed by atoms with van der Waals surface area (Å²) in [6.45, 7) is 6.38. The molecule has 0 unspecified atom stereocenters. The second-order valence-electron chi connectivity index (χ2n) is 7.08. The molecule has 0 saturated carbocycles. The van der Waals surface area contributed by atoms with E-state index in [-0.39, 0.29) is 0 Å². The largest absolute Gasteiger partial charge is 0.377 e. The van der Waals surface area contributed by atoms with Crippen LogP contribution in [0.2, 0.25) is 0 Å². The summed E-state index contributed by atoms with van der Waals surface area (Å²) in [5.74, 6) is 0. The fourth-order valence-corrected chi connectivity index (χ4v) is 3.42. The summed E-state index contributed by atoms with van der Waals surface area (Å²) in [5.41, 5.74) is 4.13. The van der Waals surface area contributed by atoms with E-state index in [0.717, 1.165) is 35.7 Å². The molecule has 2 aromatic heterocycles. The van der Waals surface area contributed by atoms with E-state index in [1.807, 2.05) is 28.8 Å². The van der Waals surface area contributed by atoms with Gasteiger partial charge in [-0.2, -0.15) is 0 Å². The van der Waals surface area contributed by atoms with Gasteiger partial charge >= 0.3 is 0 Å². The molecule has 3 heterocycles. The summed E-state index contributed by atoms with van der Waals surface area (Å²) in [4.78, 5) is 7.04. The number of anilines is 1. The van der Waals surface area contributed by atoms with E-state index in [4.69, 9.17) is 23.9 Å². The van der Waals surface area contributed by atoms with Crippen molar-refractivity contribution in [1.29, 1.82) is 0 Å². The Hall–Kier alpha value is -2.45. The summed E-state index contributed by atoms with van der Waals surface area (Å²) in [5, 5.41) is 0. The Bertz CT molecular complexity index is 865. The molecule has 0 N–H and O–H groups in total. The second kappa shape index (κ2) is 11.1. The van der Waals surface area contributed by atoms with Crippen molar-refractivity contribution in [3.8, 4) is 11.3 Å². The van der Waals surface area contributed by atoms with Crippen LogP contribution in [0.15, 0.2) is 54.9 Å². The van der Waals surface area contributed by atoms with Gasteiger partial charge in [-0.05, 0) is 24.3 Å². The van der Waals surface area contributed by atoms with E-state index in [2.05, 4.69) is 35.4 Å². The van der Waals surface area contributed by atoms with Crippen molar-refractivity contribution in [2.75, 3.05) is 70.8 Å². The molecule has 1 aromatic carbocycles. The van der Waals surface area contributed by atoms with Gasteiger partial charge in [-0.15, -0.1) is 0 Å². The Kier molecular flexibility index (Phi) is 7.69. The van der Waals surface area contributed by atoms with Gasteiger partial charge in [-0.3, -0.25) is 0 Å². The molecule has 160 valence electrons. The molecule has 4 rings (SSSR count). The average Bonchev–Trinajstić information content (AvgIpc) is 3.21. The molecule has 7 heteroatoms. The lowest BCUT2D eigenvalue weighted by Crippen LogP contribution is -2.31. The maximum Gasteiger partial charge on any atom is 0.137 e. The molecule has 0 atom stereocenters. The lowest BCUT2D eigenvalue weighted by Gasteiger charge is -2.25. The van der Waals surface area contributed by atoms with E-state index in [9.17, 15) is 0 Å². The number of fused-ring (bicyclic) bond motifs is 1. The predicted molar refractivity (Wildman–Crippen MR) is 116 cm³/mol. The normalized spacial score (nSPS) is 18.1. The number of hydrogen-bond donors (Lipinski definition) is 0. The number of imidazole rings is 1. The summed E-state index contributed by atoms with van der Waals surface area (Å²) in [7, 11) is 0. The molecule has 7 nitrogen and oxygen atoms in total. The Morgan fingerprint density at radius 2 is 1.37 bits per heavy atom. The molecular weight excluding hydrogens is 382 g/mol. The van der Waals surface area contributed by atoms with E-state index in [1.165, 1.54) is 0 Å². The molecule has 1 saturated heterocycles. The Morgan fingerprint density at radius 3 is 2.03 bits per heavy atom. The summed E-state index contributed by atoms with van der Waals surface area (Å²) in [6.07, 6.45) is 4.08. The van der Waals surface area contributed by atoms with Gasteiger partial charge in [-0.25, -0.2) is 4.98 Å². The van der Waals surface area contributed by atoms with Crippen LogP contribution in [0.4, 0.5) is 5.69 Å². The van der Waals surface area contributed by atoms with E-state index >= 15 is 0 Å². The van der Waals surface area contributed by atoms with Gasteiger partial charge in [-0.1, -0.05) is 18.2 Å². The molecule has 1 aliphatic rings. The summed E-state index contributed by atoms with van der Waals surface area (Å²) >= 11 is 0. The minimum Gasteiger partial charge on any atom is -0.377 e. The zero-order valence-corrected chi connectivity index (χ0v) is 17.2. The smallest absolute Gasteiger partial charge is 0.137 e. The van der Waals surface area contributed by atoms with Crippen LogP contribution in [0, 0.1) is 0 Å². The van der Waals surface area contributed by atoms with Crippen molar-refractivity contribution in [2.24, 2.45) is 0 Å². The fourth-order valence-electron chi connectivity index (χ4n) is 3.42. The first kappa shape index (κ1) is 20.8. The topological polar surface area (TPSA) is 57.5 Å². The molecule has 0 spiro atoms. The summed E-state index contributed by atoms with van der Waals surface area (Å²) in [6, 6.07) is 14.5. The maximum atomic E-state index is 5.75. The molecule has 1 fully saturated rings. The van der Waals surface area contributed by atoms with Gasteiger partial charge in [0.25, 0.3) is 0 Å². The highest BCUT2D eigenvalue weighted by molar-refractivity contribution is 5.67. The Balaban J connectivity index is 1.47. The molecule has 1 aliphatic heterocycles. The predicted octanol–water partition coefficient (Wildman–Crippen LogP) is 2.89. The van der Waals surface area contributed by atoms with Crippen molar-refractivity contribution in [2.45, 2.75) is 0 Å². The van der Waals surface area contributed by atoms with E-state index < -0.39 is 0 Å². The van der Waals surface area contributed by atoms with Crippen molar-refractivity contribution in [1.82, 2.24) is 9.38 Å². The van der Waals surface area contributed by atoms with E-state index in [0.29, 0.717) is 52.9 Å². The third-order valence-electron chi connectivity index (χ3n) is 5.00. The van der Waals surface area contributed by atoms with Gasteiger partial charge in [0.05, 0.1) is 58.5 Å². The third kappa shape index (κ3) is 5.79. The first-order chi connectivity index (χ1) is 14.9. The maximum absolute atomic E-state index is 5.75. The van der Waals surface area contributed by atoms with Crippen molar-refractivity contribution in [3.05, 3.63) is 54.9 Å². The van der Waals surface area contributed by atoms with Crippen molar-refractivity contribution < 1.29 is 18.9 Å². The number of hydrogen-bond acceptors (Lipinski definition) is 6. The van der Waals surface area contributed by atoms with E-state index in [1.54, 1.807) is 0 Å². The van der Waals surface area contributed by atoms with Crippen LogP contribution < -0.4 is 4.90 Å². The number of ether oxygens (including phenoxy) is 4. The van der Waals surface area contributed by atoms with Crippen molar-refractivity contribution >= 4 is 11.3 Å². The fraction of sp³-hybridized carbons (Fsp3) is 0.435. The highest BCUT2D eigenvalue weighted by atomic mass is 16.6. The van der Waals surface area contributed by atoms with Crippen LogP contribution in [0.25, 0.3) is 16.9 Å². The molecule has 0 aliphatic carbocycles. The minimum absolute atomic E-state index is 0.587. The minimum atomic E-state index is 0.587. The highest BCUT2D eigenvalue weighted by Gasteiger charge is 2.10. The van der Waals surface area contributed by atoms with Gasteiger partial charge < -0.3 is 28.2 Å². The van der Waals surface area contributed by atoms with Crippen LogP contribution in [0.5, 0.6) is 0 Å². The zero-order valence-electron chi connectivity index (χ0n) is 17.2. The third-order valence-corrected chi connectivity index (χ3v) is 5.00. The summed E-state index contributed by atoms with van der Waals surface area (Å²) < 4.78 is 24.5. The van der Waals surface area contributed by atoms with Crippen LogP contribution in [-0.2, 0) is 18.9 Å². The molecule has 30 heavy (non-hydrogen) atoms. The highest BCUT2D eigenvalue weighted by Crippen LogP contribution is 2.24. The monoisotopic (exact) mass is 411 g/mol. The van der Waals surface area contributed by atoms with Crippen LogP contribution in [0.3, 0.4) is 0 Å². The van der Waals surface area contributed by atoms with Crippen LogP contribution >= 0.6 is 0 Å². The number of pyridine rings is 1. The quantitative estimate of drug-likeness (QED) is 0.646. The molecule has 0 radical (unpaired) electrons. The zero-order chi connectivity index (χ0) is 20.4. The molecular formula is C23H29N3O4. The molecule has 0 bridgehead atoms.